The van der Waals surface area contributed by atoms with Crippen LogP contribution in [-0.4, -0.2) is 41.7 Å². The quantitative estimate of drug-likeness (QED) is 0.543. The second kappa shape index (κ2) is 9.92. The molecule has 178 valence electrons. The van der Waals surface area contributed by atoms with Crippen LogP contribution in [0.5, 0.6) is 5.75 Å². The maximum Gasteiger partial charge on any atom is 0.387 e. The van der Waals surface area contributed by atoms with Gasteiger partial charge in [-0.15, -0.1) is 0 Å². The Hall–Kier alpha value is -3.27. The van der Waals surface area contributed by atoms with E-state index < -0.39 is 29.0 Å². The van der Waals surface area contributed by atoms with Crippen LogP contribution in [0.15, 0.2) is 53.4 Å². The van der Waals surface area contributed by atoms with Gasteiger partial charge in [-0.3, -0.25) is 19.3 Å². The van der Waals surface area contributed by atoms with Crippen molar-refractivity contribution >= 4 is 34.9 Å². The van der Waals surface area contributed by atoms with E-state index in [0.29, 0.717) is 24.0 Å². The molecule has 2 aromatic carbocycles. The molecule has 4 rings (SSSR count). The van der Waals surface area contributed by atoms with E-state index in [4.69, 9.17) is 0 Å². The van der Waals surface area contributed by atoms with Crippen LogP contribution in [0, 0.1) is 5.82 Å². The third kappa shape index (κ3) is 4.96. The van der Waals surface area contributed by atoms with Crippen LogP contribution in [-0.2, 0) is 15.0 Å². The number of benzene rings is 2. The summed E-state index contributed by atoms with van der Waals surface area (Å²) < 4.78 is 42.5. The third-order valence-corrected chi connectivity index (χ3v) is 6.82. The van der Waals surface area contributed by atoms with Gasteiger partial charge in [-0.2, -0.15) is 8.78 Å². The van der Waals surface area contributed by atoms with Gasteiger partial charge in [0, 0.05) is 13.1 Å². The Morgan fingerprint density at radius 1 is 1.18 bits per heavy atom. The van der Waals surface area contributed by atoms with Crippen LogP contribution in [0.25, 0.3) is 6.08 Å². The van der Waals surface area contributed by atoms with E-state index in [9.17, 15) is 27.6 Å². The van der Waals surface area contributed by atoms with Gasteiger partial charge >= 0.3 is 6.61 Å². The van der Waals surface area contributed by atoms with E-state index in [2.05, 4.69) is 10.1 Å². The average molecular weight is 491 g/mol. The zero-order valence-corrected chi connectivity index (χ0v) is 18.7. The predicted octanol–water partition coefficient (Wildman–Crippen LogP) is 4.70. The Kier molecular flexibility index (Phi) is 6.97. The number of rotatable bonds is 8. The Morgan fingerprint density at radius 3 is 2.53 bits per heavy atom. The molecule has 1 aliphatic heterocycles. The minimum Gasteiger partial charge on any atom is -0.435 e. The number of nitrogens with zero attached hydrogens (tertiary/aromatic N) is 1. The molecular weight excluding hydrogens is 469 g/mol. The lowest BCUT2D eigenvalue weighted by Gasteiger charge is -2.40. The highest BCUT2D eigenvalue weighted by atomic mass is 32.2. The third-order valence-electron chi connectivity index (χ3n) is 5.92. The molecule has 34 heavy (non-hydrogen) atoms. The molecule has 3 amide bonds. The molecule has 2 aliphatic rings. The molecule has 10 heteroatoms. The molecular formula is C24H21F3N2O4S. The molecule has 0 radical (unpaired) electrons. The van der Waals surface area contributed by atoms with Crippen molar-refractivity contribution in [2.24, 2.45) is 0 Å². The summed E-state index contributed by atoms with van der Waals surface area (Å²) in [4.78, 5) is 39.1. The number of amides is 3. The van der Waals surface area contributed by atoms with Gasteiger partial charge in [0.1, 0.15) is 11.6 Å². The van der Waals surface area contributed by atoms with E-state index in [1.165, 1.54) is 42.5 Å². The summed E-state index contributed by atoms with van der Waals surface area (Å²) in [6.45, 7) is -2.87. The Bertz CT molecular complexity index is 1130. The summed E-state index contributed by atoms with van der Waals surface area (Å²) >= 11 is 0.763. The minimum absolute atomic E-state index is 0.00581. The van der Waals surface area contributed by atoms with Crippen molar-refractivity contribution in [1.82, 2.24) is 10.2 Å². The molecule has 0 atom stereocenters. The molecule has 1 saturated carbocycles. The number of halogens is 3. The van der Waals surface area contributed by atoms with Gasteiger partial charge in [-0.05, 0) is 66.1 Å². The zero-order chi connectivity index (χ0) is 24.3. The largest absolute Gasteiger partial charge is 0.435 e. The number of nitrogens with one attached hydrogen (secondary N) is 1. The van der Waals surface area contributed by atoms with Crippen molar-refractivity contribution in [3.05, 3.63) is 70.4 Å². The average Bonchev–Trinajstić information content (AvgIpc) is 3.01. The van der Waals surface area contributed by atoms with Gasteiger partial charge in [-0.25, -0.2) is 4.39 Å². The number of imide groups is 1. The van der Waals surface area contributed by atoms with E-state index in [1.54, 1.807) is 12.1 Å². The molecule has 1 aliphatic carbocycles. The fourth-order valence-corrected chi connectivity index (χ4v) is 4.87. The fraction of sp³-hybridized carbons (Fsp3) is 0.292. The van der Waals surface area contributed by atoms with Gasteiger partial charge in [0.15, 0.2) is 0 Å². The molecule has 0 unspecified atom stereocenters. The molecule has 0 aromatic heterocycles. The monoisotopic (exact) mass is 490 g/mol. The summed E-state index contributed by atoms with van der Waals surface area (Å²) in [7, 11) is 0. The molecule has 2 aromatic rings. The second-order valence-electron chi connectivity index (χ2n) is 7.98. The van der Waals surface area contributed by atoms with Gasteiger partial charge < -0.3 is 10.1 Å². The van der Waals surface area contributed by atoms with Crippen molar-refractivity contribution in [2.75, 3.05) is 13.1 Å². The lowest BCUT2D eigenvalue weighted by molar-refractivity contribution is -0.130. The van der Waals surface area contributed by atoms with Crippen LogP contribution >= 0.6 is 11.8 Å². The first-order chi connectivity index (χ1) is 16.3. The first kappa shape index (κ1) is 23.9. The summed E-state index contributed by atoms with van der Waals surface area (Å²) in [5, 5.41) is 2.32. The summed E-state index contributed by atoms with van der Waals surface area (Å²) in [6, 6.07) is 11.7. The van der Waals surface area contributed by atoms with Gasteiger partial charge in [0.05, 0.1) is 10.3 Å². The van der Waals surface area contributed by atoms with Gasteiger partial charge in [0.2, 0.25) is 5.91 Å². The predicted molar refractivity (Wildman–Crippen MR) is 121 cm³/mol. The minimum atomic E-state index is -2.93. The highest BCUT2D eigenvalue weighted by molar-refractivity contribution is 8.18. The number of hydrogen-bond acceptors (Lipinski definition) is 5. The number of hydrogen-bond donors (Lipinski definition) is 1. The highest BCUT2D eigenvalue weighted by Gasteiger charge is 2.45. The van der Waals surface area contributed by atoms with Crippen molar-refractivity contribution in [3.8, 4) is 5.75 Å². The smallest absolute Gasteiger partial charge is 0.387 e. The maximum absolute atomic E-state index is 13.7. The number of thioether (sulfide) groups is 1. The number of carbonyl (C=O) groups is 3. The van der Waals surface area contributed by atoms with Crippen molar-refractivity contribution < 1.29 is 32.3 Å². The van der Waals surface area contributed by atoms with Crippen LogP contribution < -0.4 is 10.1 Å². The van der Waals surface area contributed by atoms with E-state index in [0.717, 1.165) is 23.1 Å². The van der Waals surface area contributed by atoms with Gasteiger partial charge in [0.25, 0.3) is 11.1 Å². The zero-order valence-electron chi connectivity index (χ0n) is 17.9. The fourth-order valence-electron chi connectivity index (χ4n) is 4.00. The molecule has 0 bridgehead atoms. The highest BCUT2D eigenvalue weighted by Crippen LogP contribution is 2.44. The van der Waals surface area contributed by atoms with Crippen molar-refractivity contribution in [2.45, 2.75) is 31.3 Å². The molecule has 1 saturated heterocycles. The van der Waals surface area contributed by atoms with E-state index in [1.807, 2.05) is 0 Å². The van der Waals surface area contributed by atoms with Gasteiger partial charge in [-0.1, -0.05) is 30.7 Å². The number of carbonyl (C=O) groups excluding carboxylic acids is 3. The standard InChI is InChI=1S/C24H21F3N2O4S/c25-17-4-1-3-16(14-17)24(9-2-10-24)21(31)28-11-12-29-20(30)19(34-23(29)32)13-15-5-7-18(8-6-15)33-22(26)27/h1,3-8,13-14,22H,2,9-12H2,(H,28,31)/b19-13-. The molecule has 1 heterocycles. The number of alkyl halides is 2. The van der Waals surface area contributed by atoms with Crippen LogP contribution in [0.4, 0.5) is 18.0 Å². The Balaban J connectivity index is 1.35. The Labute approximate surface area is 198 Å². The lowest BCUT2D eigenvalue weighted by Crippen LogP contribution is -2.50. The summed E-state index contributed by atoms with van der Waals surface area (Å²) in [5.74, 6) is -1.17. The Morgan fingerprint density at radius 2 is 1.91 bits per heavy atom. The summed E-state index contributed by atoms with van der Waals surface area (Å²) in [5.41, 5.74) is 0.374. The van der Waals surface area contributed by atoms with E-state index >= 15 is 0 Å². The normalized spacial score (nSPS) is 18.4. The van der Waals surface area contributed by atoms with Crippen LogP contribution in [0.3, 0.4) is 0 Å². The molecule has 6 nitrogen and oxygen atoms in total. The summed E-state index contributed by atoms with van der Waals surface area (Å²) in [6.07, 6.45) is 3.55. The molecule has 2 fully saturated rings. The first-order valence-electron chi connectivity index (χ1n) is 10.6. The van der Waals surface area contributed by atoms with Crippen molar-refractivity contribution in [3.63, 3.8) is 0 Å². The van der Waals surface area contributed by atoms with Crippen LogP contribution in [0.2, 0.25) is 0 Å². The van der Waals surface area contributed by atoms with Crippen molar-refractivity contribution in [1.29, 1.82) is 0 Å². The topological polar surface area (TPSA) is 75.7 Å². The second-order valence-corrected chi connectivity index (χ2v) is 8.98. The number of ether oxygens (including phenoxy) is 1. The molecule has 0 spiro atoms. The van der Waals surface area contributed by atoms with E-state index in [-0.39, 0.29) is 29.7 Å². The maximum atomic E-state index is 13.7. The van der Waals surface area contributed by atoms with Crippen LogP contribution in [0.1, 0.15) is 30.4 Å². The molecule has 1 N–H and O–H groups in total. The first-order valence-corrected chi connectivity index (χ1v) is 11.4. The SMILES string of the molecule is O=C1S/C(=C\c2ccc(OC(F)F)cc2)C(=O)N1CCNC(=O)C1(c2cccc(F)c2)CCC1. The lowest BCUT2D eigenvalue weighted by atomic mass is 9.64.